The maximum Gasteiger partial charge on any atom is 0.129 e. The molecule has 118 valence electrons. The zero-order chi connectivity index (χ0) is 16.0. The Hall–Kier alpha value is -1.35. The molecule has 0 aliphatic rings. The minimum Gasteiger partial charge on any atom is -0.353 e. The van der Waals surface area contributed by atoms with Gasteiger partial charge in [0, 0.05) is 30.9 Å². The molecule has 0 aromatic carbocycles. The SMILES string of the molecule is C=CCN(CC)c1cc(CNC(C)(C)C)cc(C(C)C)n1. The Balaban J connectivity index is 3.07. The quantitative estimate of drug-likeness (QED) is 0.766. The van der Waals surface area contributed by atoms with Gasteiger partial charge < -0.3 is 10.2 Å². The zero-order valence-corrected chi connectivity index (χ0v) is 14.5. The van der Waals surface area contributed by atoms with Gasteiger partial charge in [-0.2, -0.15) is 0 Å². The summed E-state index contributed by atoms with van der Waals surface area (Å²) < 4.78 is 0. The summed E-state index contributed by atoms with van der Waals surface area (Å²) in [6, 6.07) is 4.41. The topological polar surface area (TPSA) is 28.2 Å². The van der Waals surface area contributed by atoms with E-state index in [2.05, 4.69) is 70.5 Å². The van der Waals surface area contributed by atoms with Crippen molar-refractivity contribution >= 4 is 5.82 Å². The van der Waals surface area contributed by atoms with Crippen molar-refractivity contribution in [1.29, 1.82) is 0 Å². The number of anilines is 1. The third-order valence-electron chi connectivity index (χ3n) is 3.36. The Morgan fingerprint density at radius 2 is 2.00 bits per heavy atom. The zero-order valence-electron chi connectivity index (χ0n) is 14.5. The van der Waals surface area contributed by atoms with Crippen molar-refractivity contribution in [3.63, 3.8) is 0 Å². The molecule has 0 atom stereocenters. The smallest absolute Gasteiger partial charge is 0.129 e. The molecule has 0 saturated carbocycles. The van der Waals surface area contributed by atoms with E-state index in [0.717, 1.165) is 31.1 Å². The molecule has 3 nitrogen and oxygen atoms in total. The third-order valence-corrected chi connectivity index (χ3v) is 3.36. The van der Waals surface area contributed by atoms with Gasteiger partial charge in [-0.25, -0.2) is 4.98 Å². The second-order valence-corrected chi connectivity index (χ2v) is 6.84. The lowest BCUT2D eigenvalue weighted by Crippen LogP contribution is -2.35. The summed E-state index contributed by atoms with van der Waals surface area (Å²) in [4.78, 5) is 7.07. The van der Waals surface area contributed by atoms with E-state index in [9.17, 15) is 0 Å². The van der Waals surface area contributed by atoms with E-state index in [1.807, 2.05) is 6.08 Å². The van der Waals surface area contributed by atoms with Crippen LogP contribution < -0.4 is 10.2 Å². The summed E-state index contributed by atoms with van der Waals surface area (Å²) in [5.74, 6) is 1.48. The van der Waals surface area contributed by atoms with Gasteiger partial charge >= 0.3 is 0 Å². The van der Waals surface area contributed by atoms with Crippen molar-refractivity contribution in [3.8, 4) is 0 Å². The first-order valence-corrected chi connectivity index (χ1v) is 7.88. The lowest BCUT2D eigenvalue weighted by atomic mass is 10.1. The van der Waals surface area contributed by atoms with Gasteiger partial charge in [0.25, 0.3) is 0 Å². The van der Waals surface area contributed by atoms with Crippen molar-refractivity contribution in [1.82, 2.24) is 10.3 Å². The van der Waals surface area contributed by atoms with Crippen LogP contribution in [0.1, 0.15) is 58.7 Å². The first kappa shape index (κ1) is 17.7. The predicted molar refractivity (Wildman–Crippen MR) is 93.0 cm³/mol. The van der Waals surface area contributed by atoms with Crippen molar-refractivity contribution in [3.05, 3.63) is 36.0 Å². The van der Waals surface area contributed by atoms with E-state index in [4.69, 9.17) is 4.98 Å². The molecule has 1 N–H and O–H groups in total. The van der Waals surface area contributed by atoms with E-state index in [0.29, 0.717) is 5.92 Å². The van der Waals surface area contributed by atoms with Crippen LogP contribution in [-0.2, 0) is 6.54 Å². The Bertz CT molecular complexity index is 458. The van der Waals surface area contributed by atoms with Gasteiger partial charge in [0.05, 0.1) is 0 Å². The summed E-state index contributed by atoms with van der Waals surface area (Å²) in [5, 5.41) is 3.55. The normalized spacial score (nSPS) is 11.8. The molecule has 21 heavy (non-hydrogen) atoms. The summed E-state index contributed by atoms with van der Waals surface area (Å²) in [6.07, 6.45) is 1.93. The first-order chi connectivity index (χ1) is 9.76. The van der Waals surface area contributed by atoms with Crippen LogP contribution in [0, 0.1) is 0 Å². The largest absolute Gasteiger partial charge is 0.353 e. The first-order valence-electron chi connectivity index (χ1n) is 7.88. The van der Waals surface area contributed by atoms with Crippen molar-refractivity contribution in [2.24, 2.45) is 0 Å². The highest BCUT2D eigenvalue weighted by molar-refractivity contribution is 5.44. The predicted octanol–water partition coefficient (Wildman–Crippen LogP) is 4.11. The number of pyridine rings is 1. The minimum atomic E-state index is 0.118. The molecule has 0 bridgehead atoms. The van der Waals surface area contributed by atoms with Crippen LogP contribution in [0.2, 0.25) is 0 Å². The molecule has 0 amide bonds. The summed E-state index contributed by atoms with van der Waals surface area (Å²) >= 11 is 0. The minimum absolute atomic E-state index is 0.118. The molecule has 1 rings (SSSR count). The fraction of sp³-hybridized carbons (Fsp3) is 0.611. The fourth-order valence-electron chi connectivity index (χ4n) is 2.06. The molecule has 0 spiro atoms. The molecule has 1 aromatic rings. The number of nitrogens with one attached hydrogen (secondary N) is 1. The maximum atomic E-state index is 4.82. The number of hydrogen-bond donors (Lipinski definition) is 1. The molecule has 0 saturated heterocycles. The van der Waals surface area contributed by atoms with E-state index in [1.165, 1.54) is 5.56 Å². The van der Waals surface area contributed by atoms with E-state index >= 15 is 0 Å². The summed E-state index contributed by atoms with van der Waals surface area (Å²) in [5.41, 5.74) is 2.56. The highest BCUT2D eigenvalue weighted by Crippen LogP contribution is 2.21. The Morgan fingerprint density at radius 3 is 2.48 bits per heavy atom. The number of likely N-dealkylation sites (N-methyl/N-ethyl adjacent to an activating group) is 1. The van der Waals surface area contributed by atoms with E-state index in [-0.39, 0.29) is 5.54 Å². The van der Waals surface area contributed by atoms with Gasteiger partial charge in [-0.05, 0) is 51.3 Å². The van der Waals surface area contributed by atoms with Crippen LogP contribution in [0.5, 0.6) is 0 Å². The molecular weight excluding hydrogens is 258 g/mol. The van der Waals surface area contributed by atoms with Crippen molar-refractivity contribution in [2.75, 3.05) is 18.0 Å². The molecule has 1 aromatic heterocycles. The van der Waals surface area contributed by atoms with Crippen LogP contribution in [0.15, 0.2) is 24.8 Å². The van der Waals surface area contributed by atoms with E-state index < -0.39 is 0 Å². The van der Waals surface area contributed by atoms with Crippen LogP contribution in [0.3, 0.4) is 0 Å². The molecule has 0 aliphatic heterocycles. The number of aromatic nitrogens is 1. The number of hydrogen-bond acceptors (Lipinski definition) is 3. The molecule has 0 radical (unpaired) electrons. The second-order valence-electron chi connectivity index (χ2n) is 6.84. The van der Waals surface area contributed by atoms with E-state index in [1.54, 1.807) is 0 Å². The monoisotopic (exact) mass is 289 g/mol. The van der Waals surface area contributed by atoms with Gasteiger partial charge in [-0.3, -0.25) is 0 Å². The summed E-state index contributed by atoms with van der Waals surface area (Å²) in [6.45, 7) is 19.6. The van der Waals surface area contributed by atoms with Crippen molar-refractivity contribution < 1.29 is 0 Å². The average Bonchev–Trinajstić information content (AvgIpc) is 2.41. The van der Waals surface area contributed by atoms with Crippen LogP contribution >= 0.6 is 0 Å². The highest BCUT2D eigenvalue weighted by Gasteiger charge is 2.13. The molecule has 1 heterocycles. The molecular formula is C18H31N3. The molecule has 3 heteroatoms. The van der Waals surface area contributed by atoms with Gasteiger partial charge in [-0.1, -0.05) is 19.9 Å². The standard InChI is InChI=1S/C18H31N3/c1-8-10-21(9-2)17-12-15(13-19-18(5,6)7)11-16(20-17)14(3)4/h8,11-12,14,19H,1,9-10,13H2,2-7H3. The van der Waals surface area contributed by atoms with Crippen LogP contribution in [0.4, 0.5) is 5.82 Å². The maximum absolute atomic E-state index is 4.82. The van der Waals surface area contributed by atoms with Gasteiger partial charge in [-0.15, -0.1) is 6.58 Å². The van der Waals surface area contributed by atoms with Gasteiger partial charge in [0.2, 0.25) is 0 Å². The second kappa shape index (κ2) is 7.60. The van der Waals surface area contributed by atoms with Crippen molar-refractivity contribution in [2.45, 2.75) is 59.5 Å². The molecule has 0 fully saturated rings. The van der Waals surface area contributed by atoms with Gasteiger partial charge in [0.15, 0.2) is 0 Å². The summed E-state index contributed by atoms with van der Waals surface area (Å²) in [7, 11) is 0. The average molecular weight is 289 g/mol. The number of nitrogens with zero attached hydrogens (tertiary/aromatic N) is 2. The van der Waals surface area contributed by atoms with Gasteiger partial charge in [0.1, 0.15) is 5.82 Å². The fourth-order valence-corrected chi connectivity index (χ4v) is 2.06. The molecule has 0 aliphatic carbocycles. The third kappa shape index (κ3) is 5.88. The number of rotatable bonds is 7. The Morgan fingerprint density at radius 1 is 1.33 bits per heavy atom. The lowest BCUT2D eigenvalue weighted by molar-refractivity contribution is 0.424. The molecule has 0 unspecified atom stereocenters. The Kier molecular flexibility index (Phi) is 6.41. The highest BCUT2D eigenvalue weighted by atomic mass is 15.2. The lowest BCUT2D eigenvalue weighted by Gasteiger charge is -2.24. The Labute approximate surface area is 130 Å². The van der Waals surface area contributed by atoms with Crippen LogP contribution in [-0.4, -0.2) is 23.6 Å². The van der Waals surface area contributed by atoms with Crippen LogP contribution in [0.25, 0.3) is 0 Å².